The molecular weight excluding hydrogens is 420 g/mol. The van der Waals surface area contributed by atoms with Gasteiger partial charge in [0.15, 0.2) is 0 Å². The van der Waals surface area contributed by atoms with E-state index >= 15 is 4.39 Å². The molecule has 0 unspecified atom stereocenters. The van der Waals surface area contributed by atoms with Gasteiger partial charge in [-0.1, -0.05) is 56.2 Å². The van der Waals surface area contributed by atoms with Crippen LogP contribution in [0.1, 0.15) is 42.9 Å². The van der Waals surface area contributed by atoms with Crippen molar-refractivity contribution in [2.45, 2.75) is 52.1 Å². The fourth-order valence-electron chi connectivity index (χ4n) is 3.68. The predicted octanol–water partition coefficient (Wildman–Crippen LogP) is 7.46. The molecule has 3 aromatic carbocycles. The van der Waals surface area contributed by atoms with E-state index in [-0.39, 0.29) is 23.3 Å². The summed E-state index contributed by atoms with van der Waals surface area (Å²) in [5.74, 6) is -2.04. The molecule has 0 aliphatic carbocycles. The number of phenols is 1. The van der Waals surface area contributed by atoms with Crippen LogP contribution in [-0.2, 0) is 19.3 Å². The lowest BCUT2D eigenvalue weighted by atomic mass is 9.95. The van der Waals surface area contributed by atoms with Gasteiger partial charge in [-0.3, -0.25) is 0 Å². The van der Waals surface area contributed by atoms with E-state index in [0.29, 0.717) is 12.0 Å². The Morgan fingerprint density at radius 3 is 2.09 bits per heavy atom. The third kappa shape index (κ3) is 6.02. The van der Waals surface area contributed by atoms with E-state index in [9.17, 15) is 18.3 Å². The van der Waals surface area contributed by atoms with Crippen LogP contribution in [0.25, 0.3) is 11.1 Å². The first-order valence-electron chi connectivity index (χ1n) is 10.7. The first-order chi connectivity index (χ1) is 15.4. The number of halogens is 4. The smallest absolute Gasteiger partial charge is 0.387 e. The molecule has 2 nitrogen and oxygen atoms in total. The third-order valence-electron chi connectivity index (χ3n) is 5.42. The normalized spacial score (nSPS) is 11.2. The zero-order chi connectivity index (χ0) is 23.1. The van der Waals surface area contributed by atoms with Crippen molar-refractivity contribution in [1.29, 1.82) is 0 Å². The fraction of sp³-hybridized carbons (Fsp3) is 0.308. The Morgan fingerprint density at radius 1 is 0.844 bits per heavy atom. The molecule has 0 aliphatic rings. The van der Waals surface area contributed by atoms with Crippen LogP contribution in [-0.4, -0.2) is 11.7 Å². The van der Waals surface area contributed by atoms with Crippen molar-refractivity contribution in [3.8, 4) is 22.6 Å². The van der Waals surface area contributed by atoms with Gasteiger partial charge in [-0.15, -0.1) is 0 Å². The van der Waals surface area contributed by atoms with E-state index in [0.717, 1.165) is 42.9 Å². The minimum atomic E-state index is -2.91. The van der Waals surface area contributed by atoms with E-state index in [1.165, 1.54) is 12.1 Å². The summed E-state index contributed by atoms with van der Waals surface area (Å²) in [6.45, 7) is -0.776. The van der Waals surface area contributed by atoms with Crippen LogP contribution < -0.4 is 4.74 Å². The molecular formula is C26H26F4O2. The molecule has 0 bridgehead atoms. The summed E-state index contributed by atoms with van der Waals surface area (Å²) in [6.07, 6.45) is 4.62. The second-order valence-electron chi connectivity index (χ2n) is 7.72. The van der Waals surface area contributed by atoms with E-state index in [1.54, 1.807) is 24.3 Å². The summed E-state index contributed by atoms with van der Waals surface area (Å²) in [5.41, 5.74) is 2.18. The summed E-state index contributed by atoms with van der Waals surface area (Å²) in [4.78, 5) is 0. The number of benzene rings is 3. The lowest BCUT2D eigenvalue weighted by Crippen LogP contribution is -2.03. The van der Waals surface area contributed by atoms with Gasteiger partial charge in [-0.2, -0.15) is 8.78 Å². The van der Waals surface area contributed by atoms with Gasteiger partial charge in [0, 0.05) is 11.6 Å². The Kier molecular flexibility index (Phi) is 8.14. The molecule has 0 spiro atoms. The van der Waals surface area contributed by atoms with Gasteiger partial charge >= 0.3 is 6.61 Å². The lowest BCUT2D eigenvalue weighted by molar-refractivity contribution is -0.0498. The standard InChI is InChI=1S/C26H26F4O2/c1-2-3-4-5-17-6-11-19(12-7-17)24-23(31)16-22(27)21(25(24)28)15-10-18-8-13-20(14-9-18)32-26(29)30/h6-9,11-14,16,26,31H,2-5,10,15H2,1H3. The third-order valence-corrected chi connectivity index (χ3v) is 5.42. The Hall–Kier alpha value is -3.02. The molecule has 0 saturated carbocycles. The van der Waals surface area contributed by atoms with Crippen molar-refractivity contribution in [3.63, 3.8) is 0 Å². The Morgan fingerprint density at radius 2 is 1.47 bits per heavy atom. The average molecular weight is 446 g/mol. The molecule has 0 amide bonds. The molecule has 0 saturated heterocycles. The number of unbranched alkanes of at least 4 members (excludes halogenated alkanes) is 2. The fourth-order valence-corrected chi connectivity index (χ4v) is 3.68. The molecule has 170 valence electrons. The number of rotatable bonds is 10. The van der Waals surface area contributed by atoms with E-state index < -0.39 is 24.0 Å². The molecule has 6 heteroatoms. The number of aryl methyl sites for hydroxylation is 2. The van der Waals surface area contributed by atoms with Crippen LogP contribution >= 0.6 is 0 Å². The number of hydrogen-bond acceptors (Lipinski definition) is 2. The highest BCUT2D eigenvalue weighted by atomic mass is 19.3. The van der Waals surface area contributed by atoms with Crippen LogP contribution in [0.5, 0.6) is 11.5 Å². The quantitative estimate of drug-likeness (QED) is 0.259. The van der Waals surface area contributed by atoms with Gasteiger partial charge in [0.2, 0.25) is 0 Å². The minimum absolute atomic E-state index is 0.0196. The minimum Gasteiger partial charge on any atom is -0.507 e. The number of hydrogen-bond donors (Lipinski definition) is 1. The molecule has 3 aromatic rings. The SMILES string of the molecule is CCCCCc1ccc(-c2c(O)cc(F)c(CCc3ccc(OC(F)F)cc3)c2F)cc1. The molecule has 3 rings (SSSR count). The lowest BCUT2D eigenvalue weighted by Gasteiger charge is -2.13. The van der Waals surface area contributed by atoms with E-state index in [4.69, 9.17) is 0 Å². The zero-order valence-corrected chi connectivity index (χ0v) is 17.9. The largest absolute Gasteiger partial charge is 0.507 e. The van der Waals surface area contributed by atoms with Gasteiger partial charge in [0.1, 0.15) is 23.1 Å². The highest BCUT2D eigenvalue weighted by Gasteiger charge is 2.20. The Balaban J connectivity index is 1.77. The second kappa shape index (κ2) is 11.0. The van der Waals surface area contributed by atoms with Gasteiger partial charge < -0.3 is 9.84 Å². The average Bonchev–Trinajstić information content (AvgIpc) is 2.75. The maximum Gasteiger partial charge on any atom is 0.387 e. The molecule has 0 heterocycles. The number of aromatic hydroxyl groups is 1. The summed E-state index contributed by atoms with van der Waals surface area (Å²) >= 11 is 0. The van der Waals surface area contributed by atoms with Crippen molar-refractivity contribution in [2.75, 3.05) is 0 Å². The highest BCUT2D eigenvalue weighted by molar-refractivity contribution is 5.72. The molecule has 32 heavy (non-hydrogen) atoms. The van der Waals surface area contributed by atoms with Crippen molar-refractivity contribution in [1.82, 2.24) is 0 Å². The van der Waals surface area contributed by atoms with Gasteiger partial charge in [0.05, 0.1) is 5.56 Å². The molecule has 0 fully saturated rings. The van der Waals surface area contributed by atoms with Gasteiger partial charge in [-0.05, 0) is 54.5 Å². The predicted molar refractivity (Wildman–Crippen MR) is 117 cm³/mol. The summed E-state index contributed by atoms with van der Waals surface area (Å²) in [5, 5.41) is 10.2. The summed E-state index contributed by atoms with van der Waals surface area (Å²) in [6, 6.07) is 14.1. The first kappa shape index (κ1) is 23.6. The molecule has 0 aliphatic heterocycles. The van der Waals surface area contributed by atoms with Crippen molar-refractivity contribution < 1.29 is 27.4 Å². The number of phenolic OH excluding ortho intramolecular Hbond substituents is 1. The van der Waals surface area contributed by atoms with Crippen molar-refractivity contribution >= 4 is 0 Å². The molecule has 0 radical (unpaired) electrons. The first-order valence-corrected chi connectivity index (χ1v) is 10.7. The maximum atomic E-state index is 15.2. The van der Waals surface area contributed by atoms with Crippen LogP contribution in [0.4, 0.5) is 17.6 Å². The molecule has 0 aromatic heterocycles. The Bertz CT molecular complexity index is 1020. The number of ether oxygens (including phenoxy) is 1. The Labute approximate surface area is 185 Å². The summed E-state index contributed by atoms with van der Waals surface area (Å²) in [7, 11) is 0. The number of alkyl halides is 2. The molecule has 0 atom stereocenters. The second-order valence-corrected chi connectivity index (χ2v) is 7.72. The van der Waals surface area contributed by atoms with Crippen LogP contribution in [0.2, 0.25) is 0 Å². The van der Waals surface area contributed by atoms with E-state index in [2.05, 4.69) is 11.7 Å². The molecule has 1 N–H and O–H groups in total. The van der Waals surface area contributed by atoms with E-state index in [1.807, 2.05) is 12.1 Å². The topological polar surface area (TPSA) is 29.5 Å². The van der Waals surface area contributed by atoms with Gasteiger partial charge in [-0.25, -0.2) is 8.78 Å². The zero-order valence-electron chi connectivity index (χ0n) is 17.9. The van der Waals surface area contributed by atoms with Crippen LogP contribution in [0.15, 0.2) is 54.6 Å². The maximum absolute atomic E-state index is 15.2. The van der Waals surface area contributed by atoms with Crippen molar-refractivity contribution in [2.24, 2.45) is 0 Å². The van der Waals surface area contributed by atoms with Crippen molar-refractivity contribution in [3.05, 3.63) is 82.9 Å². The van der Waals surface area contributed by atoms with Gasteiger partial charge in [0.25, 0.3) is 0 Å². The summed E-state index contributed by atoms with van der Waals surface area (Å²) < 4.78 is 58.5. The van der Waals surface area contributed by atoms with Crippen LogP contribution in [0.3, 0.4) is 0 Å². The highest BCUT2D eigenvalue weighted by Crippen LogP contribution is 2.36. The van der Waals surface area contributed by atoms with Crippen LogP contribution in [0, 0.1) is 11.6 Å². The monoisotopic (exact) mass is 446 g/mol.